The number of carbonyl (C=O) groups excluding carboxylic acids is 1. The number of piperidine rings is 1. The summed E-state index contributed by atoms with van der Waals surface area (Å²) >= 11 is 0. The fraction of sp³-hybridized carbons (Fsp3) is 0.579. The van der Waals surface area contributed by atoms with Crippen molar-refractivity contribution < 1.29 is 19.4 Å². The Bertz CT molecular complexity index is 617. The molecule has 0 aliphatic carbocycles. The Morgan fingerprint density at radius 1 is 1.44 bits per heavy atom. The SMILES string of the molecule is CCC(C)Oc1cc(C)ccc1CNC(=O)N1CCCC(C(=O)O)C1. The smallest absolute Gasteiger partial charge is 0.317 e. The first-order chi connectivity index (χ1) is 11.9. The molecule has 0 radical (unpaired) electrons. The average Bonchev–Trinajstić information content (AvgIpc) is 2.60. The van der Waals surface area contributed by atoms with Crippen LogP contribution >= 0.6 is 0 Å². The van der Waals surface area contributed by atoms with Crippen molar-refractivity contribution in [2.24, 2.45) is 5.92 Å². The number of rotatable bonds is 6. The molecule has 0 saturated carbocycles. The summed E-state index contributed by atoms with van der Waals surface area (Å²) in [7, 11) is 0. The van der Waals surface area contributed by atoms with Gasteiger partial charge in [-0.2, -0.15) is 0 Å². The van der Waals surface area contributed by atoms with Gasteiger partial charge in [0, 0.05) is 25.2 Å². The van der Waals surface area contributed by atoms with E-state index in [1.807, 2.05) is 32.0 Å². The lowest BCUT2D eigenvalue weighted by atomic mass is 9.99. The van der Waals surface area contributed by atoms with Gasteiger partial charge in [-0.3, -0.25) is 4.79 Å². The van der Waals surface area contributed by atoms with Crippen molar-refractivity contribution in [3.63, 3.8) is 0 Å². The van der Waals surface area contributed by atoms with E-state index in [9.17, 15) is 9.59 Å². The summed E-state index contributed by atoms with van der Waals surface area (Å²) in [6.45, 7) is 7.32. The maximum absolute atomic E-state index is 12.4. The van der Waals surface area contributed by atoms with Gasteiger partial charge < -0.3 is 20.1 Å². The van der Waals surface area contributed by atoms with Crippen molar-refractivity contribution in [1.29, 1.82) is 0 Å². The highest BCUT2D eigenvalue weighted by Gasteiger charge is 2.28. The second kappa shape index (κ2) is 8.74. The van der Waals surface area contributed by atoms with E-state index in [-0.39, 0.29) is 18.7 Å². The first-order valence-electron chi connectivity index (χ1n) is 8.92. The Kier molecular flexibility index (Phi) is 6.67. The largest absolute Gasteiger partial charge is 0.490 e. The highest BCUT2D eigenvalue weighted by molar-refractivity contribution is 5.76. The molecule has 0 spiro atoms. The van der Waals surface area contributed by atoms with Gasteiger partial charge in [-0.1, -0.05) is 19.1 Å². The number of carbonyl (C=O) groups is 2. The van der Waals surface area contributed by atoms with Gasteiger partial charge in [-0.05, 0) is 44.7 Å². The Balaban J connectivity index is 1.98. The van der Waals surface area contributed by atoms with E-state index in [0.29, 0.717) is 19.5 Å². The Morgan fingerprint density at radius 2 is 2.20 bits per heavy atom. The van der Waals surface area contributed by atoms with Crippen LogP contribution in [0.3, 0.4) is 0 Å². The van der Waals surface area contributed by atoms with Gasteiger partial charge in [0.1, 0.15) is 5.75 Å². The fourth-order valence-electron chi connectivity index (χ4n) is 2.86. The van der Waals surface area contributed by atoms with Crippen LogP contribution in [0.2, 0.25) is 0 Å². The summed E-state index contributed by atoms with van der Waals surface area (Å²) in [6.07, 6.45) is 2.36. The molecular weight excluding hydrogens is 320 g/mol. The highest BCUT2D eigenvalue weighted by atomic mass is 16.5. The standard InChI is InChI=1S/C19H28N2O4/c1-4-14(3)25-17-10-13(2)7-8-15(17)11-20-19(24)21-9-5-6-16(12-21)18(22)23/h7-8,10,14,16H,4-6,9,11-12H2,1-3H3,(H,20,24)(H,22,23). The number of carboxylic acid groups (broad SMARTS) is 1. The number of hydrogen-bond acceptors (Lipinski definition) is 3. The Morgan fingerprint density at radius 3 is 2.88 bits per heavy atom. The average molecular weight is 348 g/mol. The summed E-state index contributed by atoms with van der Waals surface area (Å²) in [5.74, 6) is -0.514. The van der Waals surface area contributed by atoms with E-state index in [1.165, 1.54) is 0 Å². The van der Waals surface area contributed by atoms with Crippen LogP contribution in [0.1, 0.15) is 44.2 Å². The summed E-state index contributed by atoms with van der Waals surface area (Å²) < 4.78 is 5.96. The van der Waals surface area contributed by atoms with Crippen LogP contribution in [0.5, 0.6) is 5.75 Å². The summed E-state index contributed by atoms with van der Waals surface area (Å²) in [5.41, 5.74) is 2.03. The number of hydrogen-bond donors (Lipinski definition) is 2. The predicted molar refractivity (Wildman–Crippen MR) is 95.7 cm³/mol. The number of nitrogens with zero attached hydrogens (tertiary/aromatic N) is 1. The number of aliphatic carboxylic acids is 1. The maximum Gasteiger partial charge on any atom is 0.317 e. The minimum absolute atomic E-state index is 0.106. The number of ether oxygens (including phenoxy) is 1. The first kappa shape index (κ1) is 19.1. The Labute approximate surface area is 149 Å². The zero-order valence-corrected chi connectivity index (χ0v) is 15.2. The van der Waals surface area contributed by atoms with Crippen molar-refractivity contribution in [2.75, 3.05) is 13.1 Å². The van der Waals surface area contributed by atoms with Gasteiger partial charge in [-0.15, -0.1) is 0 Å². The van der Waals surface area contributed by atoms with E-state index in [0.717, 1.165) is 29.7 Å². The molecular formula is C19H28N2O4. The molecule has 2 rings (SSSR count). The number of amides is 2. The van der Waals surface area contributed by atoms with Crippen LogP contribution in [0, 0.1) is 12.8 Å². The predicted octanol–water partition coefficient (Wildman–Crippen LogP) is 3.18. The van der Waals surface area contributed by atoms with E-state index < -0.39 is 11.9 Å². The molecule has 138 valence electrons. The van der Waals surface area contributed by atoms with Crippen molar-refractivity contribution >= 4 is 12.0 Å². The monoisotopic (exact) mass is 348 g/mol. The Hall–Kier alpha value is -2.24. The highest BCUT2D eigenvalue weighted by Crippen LogP contribution is 2.23. The number of likely N-dealkylation sites (tertiary alicyclic amines) is 1. The second-order valence-corrected chi connectivity index (χ2v) is 6.73. The van der Waals surface area contributed by atoms with Gasteiger partial charge >= 0.3 is 12.0 Å². The number of urea groups is 1. The molecule has 2 atom stereocenters. The minimum atomic E-state index is -0.833. The number of aryl methyl sites for hydroxylation is 1. The van der Waals surface area contributed by atoms with E-state index >= 15 is 0 Å². The fourth-order valence-corrected chi connectivity index (χ4v) is 2.86. The van der Waals surface area contributed by atoms with Crippen LogP contribution in [0.4, 0.5) is 4.79 Å². The molecule has 6 nitrogen and oxygen atoms in total. The normalized spacial score (nSPS) is 18.5. The van der Waals surface area contributed by atoms with E-state index in [4.69, 9.17) is 9.84 Å². The number of carboxylic acids is 1. The van der Waals surface area contributed by atoms with Gasteiger partial charge in [0.05, 0.1) is 12.0 Å². The molecule has 0 bridgehead atoms. The van der Waals surface area contributed by atoms with Crippen LogP contribution in [0.25, 0.3) is 0 Å². The molecule has 1 fully saturated rings. The summed E-state index contributed by atoms with van der Waals surface area (Å²) in [6, 6.07) is 5.71. The molecule has 2 unspecified atom stereocenters. The lowest BCUT2D eigenvalue weighted by Gasteiger charge is -2.30. The number of benzene rings is 1. The van der Waals surface area contributed by atoms with Crippen molar-refractivity contribution in [3.8, 4) is 5.75 Å². The van der Waals surface area contributed by atoms with Crippen molar-refractivity contribution in [2.45, 2.75) is 52.7 Å². The van der Waals surface area contributed by atoms with Gasteiger partial charge in [-0.25, -0.2) is 4.79 Å². The van der Waals surface area contributed by atoms with Crippen molar-refractivity contribution in [1.82, 2.24) is 10.2 Å². The molecule has 25 heavy (non-hydrogen) atoms. The number of nitrogens with one attached hydrogen (secondary N) is 1. The van der Waals surface area contributed by atoms with Crippen molar-refractivity contribution in [3.05, 3.63) is 29.3 Å². The molecule has 2 N–H and O–H groups in total. The van der Waals surface area contributed by atoms with E-state index in [1.54, 1.807) is 4.90 Å². The minimum Gasteiger partial charge on any atom is -0.490 e. The molecule has 2 amide bonds. The van der Waals surface area contributed by atoms with Gasteiger partial charge in [0.25, 0.3) is 0 Å². The van der Waals surface area contributed by atoms with Crippen LogP contribution in [-0.2, 0) is 11.3 Å². The molecule has 1 aromatic carbocycles. The molecule has 0 aromatic heterocycles. The second-order valence-electron chi connectivity index (χ2n) is 6.73. The lowest BCUT2D eigenvalue weighted by molar-refractivity contribution is -0.143. The zero-order chi connectivity index (χ0) is 18.4. The summed E-state index contributed by atoms with van der Waals surface area (Å²) in [5, 5.41) is 12.0. The van der Waals surface area contributed by atoms with Gasteiger partial charge in [0.15, 0.2) is 0 Å². The van der Waals surface area contributed by atoms with Crippen LogP contribution in [0.15, 0.2) is 18.2 Å². The van der Waals surface area contributed by atoms with Gasteiger partial charge in [0.2, 0.25) is 0 Å². The molecule has 6 heteroatoms. The molecule has 1 aliphatic heterocycles. The summed E-state index contributed by atoms with van der Waals surface area (Å²) in [4.78, 5) is 25.1. The van der Waals surface area contributed by atoms with E-state index in [2.05, 4.69) is 12.2 Å². The molecule has 1 aromatic rings. The quantitative estimate of drug-likeness (QED) is 0.827. The molecule has 1 saturated heterocycles. The van der Waals surface area contributed by atoms with Crippen LogP contribution < -0.4 is 10.1 Å². The topological polar surface area (TPSA) is 78.9 Å². The maximum atomic E-state index is 12.4. The third-order valence-electron chi connectivity index (χ3n) is 4.61. The third kappa shape index (κ3) is 5.37. The van der Waals surface area contributed by atoms with Crippen LogP contribution in [-0.4, -0.2) is 41.2 Å². The third-order valence-corrected chi connectivity index (χ3v) is 4.61. The molecule has 1 heterocycles. The lowest BCUT2D eigenvalue weighted by Crippen LogP contribution is -2.46. The first-order valence-corrected chi connectivity index (χ1v) is 8.92. The molecule has 1 aliphatic rings. The zero-order valence-electron chi connectivity index (χ0n) is 15.2.